The highest BCUT2D eigenvalue weighted by atomic mass is 32.2. The number of nitriles is 1. The Morgan fingerprint density at radius 3 is 2.31 bits per heavy atom. The molecule has 0 saturated carbocycles. The van der Waals surface area contributed by atoms with Gasteiger partial charge in [-0.05, 0) is 38.1 Å². The van der Waals surface area contributed by atoms with Gasteiger partial charge in [0.2, 0.25) is 0 Å². The topological polar surface area (TPSA) is 70.4 Å². The molecule has 0 unspecified atom stereocenters. The van der Waals surface area contributed by atoms with E-state index in [1.54, 1.807) is 35.2 Å². The molecule has 0 radical (unpaired) electrons. The van der Waals surface area contributed by atoms with Crippen LogP contribution in [-0.2, 0) is 9.53 Å². The van der Waals surface area contributed by atoms with Crippen molar-refractivity contribution in [2.75, 3.05) is 19.7 Å². The SMILES string of the molecule is CCN(CC)C(=O)COC(=O)c1ccccc1Sc1ccccc1C#N. The van der Waals surface area contributed by atoms with E-state index in [1.807, 2.05) is 32.0 Å². The van der Waals surface area contributed by atoms with E-state index >= 15 is 0 Å². The van der Waals surface area contributed by atoms with E-state index in [2.05, 4.69) is 6.07 Å². The molecular formula is C20H20N2O3S. The van der Waals surface area contributed by atoms with Gasteiger partial charge < -0.3 is 9.64 Å². The Hall–Kier alpha value is -2.78. The maximum Gasteiger partial charge on any atom is 0.339 e. The molecule has 0 N–H and O–H groups in total. The van der Waals surface area contributed by atoms with Crippen LogP contribution in [0.3, 0.4) is 0 Å². The first-order valence-electron chi connectivity index (χ1n) is 8.31. The molecule has 0 saturated heterocycles. The maximum absolute atomic E-state index is 12.4. The summed E-state index contributed by atoms with van der Waals surface area (Å²) in [7, 11) is 0. The standard InChI is InChI=1S/C20H20N2O3S/c1-3-22(4-2)19(23)14-25-20(24)16-10-6-8-12-18(16)26-17-11-7-5-9-15(17)13-21/h5-12H,3-4,14H2,1-2H3. The van der Waals surface area contributed by atoms with Crippen LogP contribution < -0.4 is 0 Å². The van der Waals surface area contributed by atoms with Crippen LogP contribution in [0.4, 0.5) is 0 Å². The van der Waals surface area contributed by atoms with Gasteiger partial charge in [-0.25, -0.2) is 4.79 Å². The Balaban J connectivity index is 2.14. The number of carbonyl (C=O) groups excluding carboxylic acids is 2. The quantitative estimate of drug-likeness (QED) is 0.696. The lowest BCUT2D eigenvalue weighted by molar-refractivity contribution is -0.134. The molecule has 0 fully saturated rings. The van der Waals surface area contributed by atoms with E-state index in [4.69, 9.17) is 4.74 Å². The molecule has 0 aliphatic carbocycles. The van der Waals surface area contributed by atoms with Gasteiger partial charge in [-0.2, -0.15) is 5.26 Å². The summed E-state index contributed by atoms with van der Waals surface area (Å²) in [5.74, 6) is -0.772. The number of carbonyl (C=O) groups is 2. The van der Waals surface area contributed by atoms with Crippen molar-refractivity contribution in [3.05, 3.63) is 59.7 Å². The first-order valence-corrected chi connectivity index (χ1v) is 9.13. The van der Waals surface area contributed by atoms with Crippen molar-refractivity contribution in [3.63, 3.8) is 0 Å². The summed E-state index contributed by atoms with van der Waals surface area (Å²) in [6.07, 6.45) is 0. The van der Waals surface area contributed by atoms with Crippen molar-refractivity contribution in [2.24, 2.45) is 0 Å². The molecule has 2 rings (SSSR count). The number of rotatable bonds is 7. The van der Waals surface area contributed by atoms with Gasteiger partial charge in [0.25, 0.3) is 5.91 Å². The van der Waals surface area contributed by atoms with Crippen molar-refractivity contribution >= 4 is 23.6 Å². The maximum atomic E-state index is 12.4. The van der Waals surface area contributed by atoms with Crippen LogP contribution in [0.2, 0.25) is 0 Å². The second-order valence-corrected chi connectivity index (χ2v) is 6.43. The van der Waals surface area contributed by atoms with Gasteiger partial charge in [0.1, 0.15) is 6.07 Å². The van der Waals surface area contributed by atoms with Gasteiger partial charge in [-0.15, -0.1) is 0 Å². The number of hydrogen-bond donors (Lipinski definition) is 0. The summed E-state index contributed by atoms with van der Waals surface area (Å²) < 4.78 is 5.20. The first kappa shape index (κ1) is 19.5. The molecule has 26 heavy (non-hydrogen) atoms. The Morgan fingerprint density at radius 1 is 1.04 bits per heavy atom. The van der Waals surface area contributed by atoms with Crippen LogP contribution in [0.25, 0.3) is 0 Å². The molecule has 0 aliphatic heterocycles. The fraction of sp³-hybridized carbons (Fsp3) is 0.250. The van der Waals surface area contributed by atoms with Gasteiger partial charge in [0.05, 0.1) is 11.1 Å². The molecule has 2 aromatic carbocycles. The summed E-state index contributed by atoms with van der Waals surface area (Å²) >= 11 is 1.32. The van der Waals surface area contributed by atoms with Crippen molar-refractivity contribution in [1.29, 1.82) is 5.26 Å². The molecule has 6 heteroatoms. The third kappa shape index (κ3) is 4.87. The molecule has 0 spiro atoms. The minimum atomic E-state index is -0.553. The van der Waals surface area contributed by atoms with Crippen LogP contribution in [0.1, 0.15) is 29.8 Å². The van der Waals surface area contributed by atoms with Gasteiger partial charge in [-0.3, -0.25) is 4.79 Å². The van der Waals surface area contributed by atoms with E-state index in [0.717, 1.165) is 4.90 Å². The summed E-state index contributed by atoms with van der Waals surface area (Å²) in [5.41, 5.74) is 0.912. The van der Waals surface area contributed by atoms with Crippen LogP contribution in [-0.4, -0.2) is 36.5 Å². The van der Waals surface area contributed by atoms with Crippen LogP contribution >= 0.6 is 11.8 Å². The minimum Gasteiger partial charge on any atom is -0.452 e. The predicted molar refractivity (Wildman–Crippen MR) is 99.9 cm³/mol. The zero-order chi connectivity index (χ0) is 18.9. The molecule has 0 atom stereocenters. The third-order valence-electron chi connectivity index (χ3n) is 3.78. The van der Waals surface area contributed by atoms with Gasteiger partial charge in [-0.1, -0.05) is 36.0 Å². The van der Waals surface area contributed by atoms with Crippen LogP contribution in [0.15, 0.2) is 58.3 Å². The van der Waals surface area contributed by atoms with Crippen LogP contribution in [0, 0.1) is 11.3 Å². The fourth-order valence-electron chi connectivity index (χ4n) is 2.36. The lowest BCUT2D eigenvalue weighted by Crippen LogP contribution is -2.34. The minimum absolute atomic E-state index is 0.219. The number of benzene rings is 2. The second kappa shape index (κ2) is 9.64. The van der Waals surface area contributed by atoms with E-state index in [-0.39, 0.29) is 12.5 Å². The van der Waals surface area contributed by atoms with Crippen molar-refractivity contribution < 1.29 is 14.3 Å². The number of nitrogens with zero attached hydrogens (tertiary/aromatic N) is 2. The molecule has 1 amide bonds. The third-order valence-corrected chi connectivity index (χ3v) is 4.93. The van der Waals surface area contributed by atoms with Gasteiger partial charge in [0.15, 0.2) is 6.61 Å². The zero-order valence-electron chi connectivity index (χ0n) is 14.8. The Morgan fingerprint density at radius 2 is 1.65 bits per heavy atom. The molecule has 134 valence electrons. The average Bonchev–Trinajstić information content (AvgIpc) is 2.68. The summed E-state index contributed by atoms with van der Waals surface area (Å²) in [6, 6.07) is 16.3. The molecule has 0 heterocycles. The molecule has 0 aromatic heterocycles. The van der Waals surface area contributed by atoms with E-state index in [0.29, 0.717) is 29.1 Å². The number of amides is 1. The zero-order valence-corrected chi connectivity index (χ0v) is 15.6. The summed E-state index contributed by atoms with van der Waals surface area (Å²) in [6.45, 7) is 4.62. The van der Waals surface area contributed by atoms with Gasteiger partial charge >= 0.3 is 5.97 Å². The highest BCUT2D eigenvalue weighted by molar-refractivity contribution is 7.99. The van der Waals surface area contributed by atoms with E-state index in [9.17, 15) is 14.9 Å². The fourth-order valence-corrected chi connectivity index (χ4v) is 3.38. The molecule has 0 aliphatic rings. The highest BCUT2D eigenvalue weighted by Gasteiger charge is 2.17. The molecule has 5 nitrogen and oxygen atoms in total. The van der Waals surface area contributed by atoms with Gasteiger partial charge in [0, 0.05) is 22.9 Å². The first-order chi connectivity index (χ1) is 12.6. The normalized spacial score (nSPS) is 10.0. The monoisotopic (exact) mass is 368 g/mol. The lowest BCUT2D eigenvalue weighted by atomic mass is 10.2. The number of likely N-dealkylation sites (N-methyl/N-ethyl adjacent to an activating group) is 1. The van der Waals surface area contributed by atoms with Crippen molar-refractivity contribution in [1.82, 2.24) is 4.90 Å². The molecule has 2 aromatic rings. The molecule has 0 bridgehead atoms. The molecular weight excluding hydrogens is 348 g/mol. The van der Waals surface area contributed by atoms with E-state index < -0.39 is 5.97 Å². The smallest absolute Gasteiger partial charge is 0.339 e. The Bertz CT molecular complexity index is 826. The highest BCUT2D eigenvalue weighted by Crippen LogP contribution is 2.32. The lowest BCUT2D eigenvalue weighted by Gasteiger charge is -2.18. The van der Waals surface area contributed by atoms with Crippen LogP contribution in [0.5, 0.6) is 0 Å². The van der Waals surface area contributed by atoms with E-state index in [1.165, 1.54) is 11.8 Å². The largest absolute Gasteiger partial charge is 0.452 e. The number of esters is 1. The average molecular weight is 368 g/mol. The number of hydrogen-bond acceptors (Lipinski definition) is 5. The summed E-state index contributed by atoms with van der Waals surface area (Å²) in [4.78, 5) is 27.5. The Kier molecular flexibility index (Phi) is 7.24. The predicted octanol–water partition coefficient (Wildman–Crippen LogP) is 3.73. The van der Waals surface area contributed by atoms with Crippen molar-refractivity contribution in [2.45, 2.75) is 23.6 Å². The van der Waals surface area contributed by atoms with Crippen molar-refractivity contribution in [3.8, 4) is 6.07 Å². The Labute approximate surface area is 157 Å². The number of ether oxygens (including phenoxy) is 1. The second-order valence-electron chi connectivity index (χ2n) is 5.35. The summed E-state index contributed by atoms with van der Waals surface area (Å²) in [5, 5.41) is 9.22.